The third-order valence-electron chi connectivity index (χ3n) is 4.38. The molecule has 0 aliphatic heterocycles. The number of carbonyl (C=O) groups excluding carboxylic acids is 1. The molecule has 1 unspecified atom stereocenters. The van der Waals surface area contributed by atoms with Gasteiger partial charge in [0.1, 0.15) is 5.75 Å². The third-order valence-corrected chi connectivity index (χ3v) is 4.38. The summed E-state index contributed by atoms with van der Waals surface area (Å²) >= 11 is 0. The molecule has 1 aliphatic rings. The number of amides is 1. The average Bonchev–Trinajstić information content (AvgIpc) is 3.32. The molecule has 3 N–H and O–H groups in total. The predicted molar refractivity (Wildman–Crippen MR) is 96.3 cm³/mol. The van der Waals surface area contributed by atoms with E-state index < -0.39 is 0 Å². The molecule has 130 valence electrons. The monoisotopic (exact) mass is 340 g/mol. The second-order valence-corrected chi connectivity index (χ2v) is 6.91. The minimum atomic E-state index is -0.288. The molecule has 1 aromatic carbocycles. The number of ether oxygens (including phenoxy) is 1. The van der Waals surface area contributed by atoms with Crippen LogP contribution in [0, 0.1) is 11.8 Å². The molecule has 1 saturated carbocycles. The fraction of sp³-hybridized carbons (Fsp3) is 0.611. The molecular formula is C18H29ClN2O2. The molecule has 0 heterocycles. The predicted octanol–water partition coefficient (Wildman–Crippen LogP) is 3.39. The fourth-order valence-corrected chi connectivity index (χ4v) is 2.49. The summed E-state index contributed by atoms with van der Waals surface area (Å²) < 4.78 is 5.67. The number of nitrogens with two attached hydrogens (primary N) is 1. The molecule has 0 bridgehead atoms. The molecule has 1 aliphatic carbocycles. The van der Waals surface area contributed by atoms with Crippen molar-refractivity contribution in [2.75, 3.05) is 13.2 Å². The van der Waals surface area contributed by atoms with Gasteiger partial charge in [-0.2, -0.15) is 0 Å². The van der Waals surface area contributed by atoms with Gasteiger partial charge in [0.15, 0.2) is 0 Å². The Labute approximate surface area is 145 Å². The van der Waals surface area contributed by atoms with E-state index in [2.05, 4.69) is 19.2 Å². The van der Waals surface area contributed by atoms with Crippen LogP contribution >= 0.6 is 12.4 Å². The lowest BCUT2D eigenvalue weighted by Gasteiger charge is -2.29. The Balaban J connectivity index is 0.00000264. The van der Waals surface area contributed by atoms with Crippen molar-refractivity contribution >= 4 is 18.3 Å². The number of nitrogens with one attached hydrogen (secondary N) is 1. The summed E-state index contributed by atoms with van der Waals surface area (Å²) in [5, 5.41) is 3.09. The summed E-state index contributed by atoms with van der Waals surface area (Å²) in [4.78, 5) is 12.4. The van der Waals surface area contributed by atoms with E-state index in [1.807, 2.05) is 31.2 Å². The first kappa shape index (κ1) is 19.8. The average molecular weight is 341 g/mol. The van der Waals surface area contributed by atoms with Gasteiger partial charge in [-0.25, -0.2) is 0 Å². The molecule has 0 spiro atoms. The van der Waals surface area contributed by atoms with Gasteiger partial charge in [-0.1, -0.05) is 13.8 Å². The van der Waals surface area contributed by atoms with Crippen molar-refractivity contribution in [3.63, 3.8) is 0 Å². The van der Waals surface area contributed by atoms with Crippen LogP contribution in [0.3, 0.4) is 0 Å². The van der Waals surface area contributed by atoms with Crippen LogP contribution in [0.4, 0.5) is 0 Å². The van der Waals surface area contributed by atoms with Crippen molar-refractivity contribution in [2.45, 2.75) is 45.6 Å². The Kier molecular flexibility index (Phi) is 7.36. The lowest BCUT2D eigenvalue weighted by Crippen LogP contribution is -2.53. The smallest absolute Gasteiger partial charge is 0.251 e. The number of carbonyl (C=O) groups is 1. The standard InChI is InChI=1S/C18H28N2O2.ClH/c1-13(2)10-11-22-16-8-4-14(5-9-16)17(21)20-18(3,12-19)15-6-7-15;/h4-5,8-9,13,15H,6-7,10-12,19H2,1-3H3,(H,20,21);1H. The van der Waals surface area contributed by atoms with Gasteiger partial charge in [0.25, 0.3) is 5.91 Å². The van der Waals surface area contributed by atoms with E-state index in [0.29, 0.717) is 30.6 Å². The summed E-state index contributed by atoms with van der Waals surface area (Å²) in [5.41, 5.74) is 6.20. The molecule has 0 radical (unpaired) electrons. The summed E-state index contributed by atoms with van der Waals surface area (Å²) in [7, 11) is 0. The van der Waals surface area contributed by atoms with Crippen molar-refractivity contribution in [1.29, 1.82) is 0 Å². The first-order valence-corrected chi connectivity index (χ1v) is 8.20. The Morgan fingerprint density at radius 3 is 2.43 bits per heavy atom. The third kappa shape index (κ3) is 5.70. The van der Waals surface area contributed by atoms with Gasteiger partial charge in [-0.15, -0.1) is 12.4 Å². The highest BCUT2D eigenvalue weighted by molar-refractivity contribution is 5.94. The van der Waals surface area contributed by atoms with Gasteiger partial charge in [-0.3, -0.25) is 4.79 Å². The summed E-state index contributed by atoms with van der Waals surface area (Å²) in [6.45, 7) is 7.55. The Morgan fingerprint density at radius 1 is 1.35 bits per heavy atom. The molecule has 2 rings (SSSR count). The topological polar surface area (TPSA) is 64.3 Å². The van der Waals surface area contributed by atoms with Gasteiger partial charge in [0.2, 0.25) is 0 Å². The SMILES string of the molecule is CC(C)CCOc1ccc(C(=O)NC(C)(CN)C2CC2)cc1.Cl. The van der Waals surface area contributed by atoms with Crippen LogP contribution in [0.1, 0.15) is 50.4 Å². The van der Waals surface area contributed by atoms with Crippen LogP contribution in [0.15, 0.2) is 24.3 Å². The van der Waals surface area contributed by atoms with Crippen LogP contribution in [0.25, 0.3) is 0 Å². The minimum Gasteiger partial charge on any atom is -0.494 e. The maximum Gasteiger partial charge on any atom is 0.251 e. The van der Waals surface area contributed by atoms with E-state index >= 15 is 0 Å². The van der Waals surface area contributed by atoms with Gasteiger partial charge in [0.05, 0.1) is 12.1 Å². The molecular weight excluding hydrogens is 312 g/mol. The van der Waals surface area contributed by atoms with Gasteiger partial charge in [0, 0.05) is 12.1 Å². The first-order valence-electron chi connectivity index (χ1n) is 8.20. The van der Waals surface area contributed by atoms with E-state index in [9.17, 15) is 4.79 Å². The molecule has 1 amide bonds. The summed E-state index contributed by atoms with van der Waals surface area (Å²) in [5.74, 6) is 1.89. The highest BCUT2D eigenvalue weighted by Crippen LogP contribution is 2.39. The van der Waals surface area contributed by atoms with E-state index in [0.717, 1.165) is 25.0 Å². The number of halogens is 1. The van der Waals surface area contributed by atoms with Crippen molar-refractivity contribution < 1.29 is 9.53 Å². The Morgan fingerprint density at radius 2 is 1.96 bits per heavy atom. The van der Waals surface area contributed by atoms with E-state index in [4.69, 9.17) is 10.5 Å². The number of rotatable bonds is 8. The summed E-state index contributed by atoms with van der Waals surface area (Å²) in [6.07, 6.45) is 3.33. The van der Waals surface area contributed by atoms with Gasteiger partial charge in [-0.05, 0) is 62.3 Å². The maximum absolute atomic E-state index is 12.4. The Hall–Kier alpha value is -1.26. The molecule has 23 heavy (non-hydrogen) atoms. The normalized spacial score (nSPS) is 16.4. The molecule has 4 nitrogen and oxygen atoms in total. The molecule has 1 aromatic rings. The number of hydrogen-bond acceptors (Lipinski definition) is 3. The lowest BCUT2D eigenvalue weighted by molar-refractivity contribution is 0.0898. The van der Waals surface area contributed by atoms with Gasteiger partial charge >= 0.3 is 0 Å². The summed E-state index contributed by atoms with van der Waals surface area (Å²) in [6, 6.07) is 7.33. The number of hydrogen-bond donors (Lipinski definition) is 2. The zero-order chi connectivity index (χ0) is 16.2. The largest absolute Gasteiger partial charge is 0.494 e. The second kappa shape index (κ2) is 8.55. The van der Waals surface area contributed by atoms with Crippen LogP contribution in [-0.2, 0) is 0 Å². The highest BCUT2D eigenvalue weighted by Gasteiger charge is 2.41. The zero-order valence-corrected chi connectivity index (χ0v) is 15.1. The van der Waals surface area contributed by atoms with E-state index in [1.165, 1.54) is 0 Å². The van der Waals surface area contributed by atoms with Crippen molar-refractivity contribution in [3.8, 4) is 5.75 Å². The van der Waals surface area contributed by atoms with Crippen LogP contribution in [0.5, 0.6) is 5.75 Å². The molecule has 1 fully saturated rings. The molecule has 5 heteroatoms. The second-order valence-electron chi connectivity index (χ2n) is 6.91. The quantitative estimate of drug-likeness (QED) is 0.762. The van der Waals surface area contributed by atoms with Crippen molar-refractivity contribution in [2.24, 2.45) is 17.6 Å². The fourth-order valence-electron chi connectivity index (χ4n) is 2.49. The van der Waals surface area contributed by atoms with Crippen LogP contribution < -0.4 is 15.8 Å². The van der Waals surface area contributed by atoms with Crippen molar-refractivity contribution in [1.82, 2.24) is 5.32 Å². The first-order chi connectivity index (χ1) is 10.4. The molecule has 0 aromatic heterocycles. The Bertz CT molecular complexity index is 500. The van der Waals surface area contributed by atoms with Crippen LogP contribution in [0.2, 0.25) is 0 Å². The van der Waals surface area contributed by atoms with Gasteiger partial charge < -0.3 is 15.8 Å². The molecule has 1 atom stereocenters. The zero-order valence-electron chi connectivity index (χ0n) is 14.3. The van der Waals surface area contributed by atoms with E-state index in [1.54, 1.807) is 0 Å². The lowest BCUT2D eigenvalue weighted by atomic mass is 9.95. The molecule has 0 saturated heterocycles. The van der Waals surface area contributed by atoms with Crippen molar-refractivity contribution in [3.05, 3.63) is 29.8 Å². The van der Waals surface area contributed by atoms with Crippen LogP contribution in [-0.4, -0.2) is 24.6 Å². The maximum atomic E-state index is 12.4. The van der Waals surface area contributed by atoms with E-state index in [-0.39, 0.29) is 23.9 Å². The minimum absolute atomic E-state index is 0. The highest BCUT2D eigenvalue weighted by atomic mass is 35.5. The number of benzene rings is 1.